The van der Waals surface area contributed by atoms with Crippen LogP contribution in [0.4, 0.5) is 0 Å². The van der Waals surface area contributed by atoms with Crippen molar-refractivity contribution in [3.63, 3.8) is 0 Å². The second kappa shape index (κ2) is 9.89. The third-order valence-electron chi connectivity index (χ3n) is 4.97. The molecule has 6 nitrogen and oxygen atoms in total. The van der Waals surface area contributed by atoms with Crippen molar-refractivity contribution in [2.24, 2.45) is 0 Å². The Bertz CT molecular complexity index is 937. The number of benzene rings is 2. The zero-order chi connectivity index (χ0) is 20.7. The molecule has 0 aromatic heterocycles. The van der Waals surface area contributed by atoms with E-state index in [0.29, 0.717) is 18.7 Å². The first kappa shape index (κ1) is 21.3. The Balaban J connectivity index is 1.56. The number of rotatable bonds is 8. The Morgan fingerprint density at radius 3 is 2.59 bits per heavy atom. The van der Waals surface area contributed by atoms with E-state index in [2.05, 4.69) is 5.32 Å². The molecule has 0 atom stereocenters. The topological polar surface area (TPSA) is 75.7 Å². The van der Waals surface area contributed by atoms with Crippen LogP contribution in [0.15, 0.2) is 53.4 Å². The number of aryl methyl sites for hydroxylation is 1. The van der Waals surface area contributed by atoms with Gasteiger partial charge < -0.3 is 10.1 Å². The minimum atomic E-state index is -3.54. The fraction of sp³-hybridized carbons (Fsp3) is 0.409. The number of hydrogen-bond donors (Lipinski definition) is 1. The van der Waals surface area contributed by atoms with Crippen LogP contribution in [-0.2, 0) is 21.4 Å². The maximum atomic E-state index is 13.0. The lowest BCUT2D eigenvalue weighted by Crippen LogP contribution is -2.36. The van der Waals surface area contributed by atoms with Crippen molar-refractivity contribution >= 4 is 15.9 Å². The molecule has 0 spiro atoms. The second-order valence-corrected chi connectivity index (χ2v) is 9.17. The van der Waals surface area contributed by atoms with E-state index in [0.717, 1.165) is 30.6 Å². The summed E-state index contributed by atoms with van der Waals surface area (Å²) in [6, 6.07) is 14.5. The molecule has 2 aromatic carbocycles. The maximum absolute atomic E-state index is 13.0. The lowest BCUT2D eigenvalue weighted by atomic mass is 10.2. The monoisotopic (exact) mass is 416 g/mol. The van der Waals surface area contributed by atoms with Gasteiger partial charge >= 0.3 is 0 Å². The summed E-state index contributed by atoms with van der Waals surface area (Å²) in [5, 5.41) is 2.81. The van der Waals surface area contributed by atoms with Gasteiger partial charge in [-0.3, -0.25) is 4.79 Å². The zero-order valence-corrected chi connectivity index (χ0v) is 17.6. The number of sulfonamides is 1. The van der Waals surface area contributed by atoms with Crippen LogP contribution in [0.25, 0.3) is 0 Å². The average molecular weight is 417 g/mol. The maximum Gasteiger partial charge on any atom is 0.243 e. The Hall–Kier alpha value is -2.38. The fourth-order valence-electron chi connectivity index (χ4n) is 3.39. The Morgan fingerprint density at radius 1 is 1.07 bits per heavy atom. The summed E-state index contributed by atoms with van der Waals surface area (Å²) in [5.41, 5.74) is 1.70. The van der Waals surface area contributed by atoms with Gasteiger partial charge in [0, 0.05) is 19.6 Å². The predicted molar refractivity (Wildman–Crippen MR) is 112 cm³/mol. The van der Waals surface area contributed by atoms with Gasteiger partial charge in [0.2, 0.25) is 15.9 Å². The lowest BCUT2D eigenvalue weighted by Gasteiger charge is -2.26. The number of hydrogen-bond acceptors (Lipinski definition) is 4. The van der Waals surface area contributed by atoms with Crippen LogP contribution in [0, 0.1) is 6.92 Å². The number of nitrogens with one attached hydrogen (secondary N) is 1. The van der Waals surface area contributed by atoms with Crippen LogP contribution >= 0.6 is 0 Å². The van der Waals surface area contributed by atoms with Gasteiger partial charge in [-0.25, -0.2) is 8.42 Å². The summed E-state index contributed by atoms with van der Waals surface area (Å²) in [7, 11) is -3.54. The van der Waals surface area contributed by atoms with Crippen molar-refractivity contribution in [3.05, 3.63) is 59.7 Å². The van der Waals surface area contributed by atoms with Crippen molar-refractivity contribution in [1.82, 2.24) is 9.62 Å². The van der Waals surface area contributed by atoms with Gasteiger partial charge in [0.25, 0.3) is 0 Å². The highest BCUT2D eigenvalue weighted by molar-refractivity contribution is 7.89. The molecule has 1 heterocycles. The van der Waals surface area contributed by atoms with Gasteiger partial charge in [0.1, 0.15) is 5.75 Å². The van der Waals surface area contributed by atoms with Gasteiger partial charge in [-0.1, -0.05) is 36.8 Å². The molecule has 156 valence electrons. The summed E-state index contributed by atoms with van der Waals surface area (Å²) in [6.45, 7) is 3.53. The smallest absolute Gasteiger partial charge is 0.243 e. The quantitative estimate of drug-likeness (QED) is 0.717. The molecule has 0 aliphatic carbocycles. The van der Waals surface area contributed by atoms with E-state index in [1.807, 2.05) is 31.2 Å². The molecule has 2 aromatic rings. The van der Waals surface area contributed by atoms with E-state index in [1.54, 1.807) is 28.6 Å². The van der Waals surface area contributed by atoms with E-state index >= 15 is 0 Å². The van der Waals surface area contributed by atoms with Gasteiger partial charge in [-0.15, -0.1) is 0 Å². The molecule has 0 bridgehead atoms. The minimum absolute atomic E-state index is 0.173. The summed E-state index contributed by atoms with van der Waals surface area (Å²) in [6.07, 6.45) is 3.04. The summed E-state index contributed by atoms with van der Waals surface area (Å²) < 4.78 is 33.2. The van der Waals surface area contributed by atoms with Gasteiger partial charge in [-0.05, 0) is 49.1 Å². The van der Waals surface area contributed by atoms with Crippen LogP contribution in [0.3, 0.4) is 0 Å². The first-order chi connectivity index (χ1) is 14.0. The van der Waals surface area contributed by atoms with E-state index < -0.39 is 10.0 Å². The number of carbonyl (C=O) groups excluding carboxylic acids is 1. The third kappa shape index (κ3) is 5.81. The molecule has 7 heteroatoms. The molecule has 3 rings (SSSR count). The summed E-state index contributed by atoms with van der Waals surface area (Å²) >= 11 is 0. The molecule has 1 N–H and O–H groups in total. The molecule has 1 fully saturated rings. The molecule has 0 unspecified atom stereocenters. The summed E-state index contributed by atoms with van der Waals surface area (Å²) in [5.74, 6) is 0.554. The SMILES string of the molecule is Cc1cccc(OCCC(=O)NCc2ccccc2S(=O)(=O)N2CCCCC2)c1. The Morgan fingerprint density at radius 2 is 1.83 bits per heavy atom. The van der Waals surface area contributed by atoms with Gasteiger partial charge in [0.15, 0.2) is 0 Å². The zero-order valence-electron chi connectivity index (χ0n) is 16.8. The van der Waals surface area contributed by atoms with Crippen LogP contribution in [0.2, 0.25) is 0 Å². The molecule has 1 saturated heterocycles. The number of amides is 1. The van der Waals surface area contributed by atoms with Crippen LogP contribution < -0.4 is 10.1 Å². The van der Waals surface area contributed by atoms with Crippen LogP contribution in [0.1, 0.15) is 36.8 Å². The summed E-state index contributed by atoms with van der Waals surface area (Å²) in [4.78, 5) is 12.5. The highest BCUT2D eigenvalue weighted by atomic mass is 32.2. The van der Waals surface area contributed by atoms with Crippen molar-refractivity contribution in [3.8, 4) is 5.75 Å². The van der Waals surface area contributed by atoms with E-state index in [4.69, 9.17) is 4.74 Å². The number of ether oxygens (including phenoxy) is 1. The molecular weight excluding hydrogens is 388 g/mol. The molecule has 1 aliphatic heterocycles. The molecular formula is C22H28N2O4S. The average Bonchev–Trinajstić information content (AvgIpc) is 2.73. The molecule has 1 amide bonds. The van der Waals surface area contributed by atoms with Crippen molar-refractivity contribution in [2.45, 2.75) is 44.0 Å². The lowest BCUT2D eigenvalue weighted by molar-refractivity contribution is -0.121. The fourth-order valence-corrected chi connectivity index (χ4v) is 5.13. The Kier molecular flexibility index (Phi) is 7.28. The number of carbonyl (C=O) groups is 1. The second-order valence-electron chi connectivity index (χ2n) is 7.26. The highest BCUT2D eigenvalue weighted by Crippen LogP contribution is 2.23. The predicted octanol–water partition coefficient (Wildman–Crippen LogP) is 3.25. The van der Waals surface area contributed by atoms with Crippen LogP contribution in [-0.4, -0.2) is 38.3 Å². The molecule has 1 aliphatic rings. The largest absolute Gasteiger partial charge is 0.493 e. The van der Waals surface area contributed by atoms with E-state index in [1.165, 1.54) is 0 Å². The number of piperidine rings is 1. The first-order valence-corrected chi connectivity index (χ1v) is 11.4. The normalized spacial score (nSPS) is 15.1. The molecule has 0 radical (unpaired) electrons. The van der Waals surface area contributed by atoms with Gasteiger partial charge in [0.05, 0.1) is 17.9 Å². The van der Waals surface area contributed by atoms with Crippen molar-refractivity contribution < 1.29 is 17.9 Å². The molecule has 29 heavy (non-hydrogen) atoms. The van der Waals surface area contributed by atoms with E-state index in [9.17, 15) is 13.2 Å². The van der Waals surface area contributed by atoms with Crippen molar-refractivity contribution in [1.29, 1.82) is 0 Å². The third-order valence-corrected chi connectivity index (χ3v) is 6.97. The minimum Gasteiger partial charge on any atom is -0.493 e. The first-order valence-electron chi connectivity index (χ1n) is 10.0. The van der Waals surface area contributed by atoms with Crippen molar-refractivity contribution in [2.75, 3.05) is 19.7 Å². The molecule has 0 saturated carbocycles. The standard InChI is InChI=1S/C22H28N2O4S/c1-18-8-7-10-20(16-18)28-15-12-22(25)23-17-19-9-3-4-11-21(19)29(26,27)24-13-5-2-6-14-24/h3-4,7-11,16H,2,5-6,12-15,17H2,1H3,(H,23,25). The number of nitrogens with zero attached hydrogens (tertiary/aromatic N) is 1. The van der Waals surface area contributed by atoms with E-state index in [-0.39, 0.29) is 30.4 Å². The highest BCUT2D eigenvalue weighted by Gasteiger charge is 2.27. The van der Waals surface area contributed by atoms with Crippen LogP contribution in [0.5, 0.6) is 5.75 Å². The Labute approximate surface area is 172 Å². The van der Waals surface area contributed by atoms with Gasteiger partial charge in [-0.2, -0.15) is 4.31 Å².